The summed E-state index contributed by atoms with van der Waals surface area (Å²) in [7, 11) is 2.53. The van der Waals surface area contributed by atoms with Crippen LogP contribution in [0.2, 0.25) is 0 Å². The monoisotopic (exact) mass is 204 g/mol. The van der Waals surface area contributed by atoms with Crippen LogP contribution in [-0.4, -0.2) is 30.5 Å². The van der Waals surface area contributed by atoms with E-state index < -0.39 is 16.2 Å². The molecule has 0 aromatic rings. The SMILES string of the molecule is CCCCC=C[SiH2]OC(OC)OC. The van der Waals surface area contributed by atoms with E-state index in [-0.39, 0.29) is 0 Å². The van der Waals surface area contributed by atoms with Crippen molar-refractivity contribution in [2.24, 2.45) is 0 Å². The van der Waals surface area contributed by atoms with Gasteiger partial charge in [0.2, 0.25) is 0 Å². The highest BCUT2D eigenvalue weighted by atomic mass is 28.2. The lowest BCUT2D eigenvalue weighted by atomic mass is 10.2. The van der Waals surface area contributed by atoms with E-state index in [4.69, 9.17) is 13.9 Å². The summed E-state index contributed by atoms with van der Waals surface area (Å²) < 4.78 is 15.1. The van der Waals surface area contributed by atoms with E-state index in [0.29, 0.717) is 0 Å². The molecule has 0 N–H and O–H groups in total. The van der Waals surface area contributed by atoms with Crippen molar-refractivity contribution >= 4 is 9.76 Å². The van der Waals surface area contributed by atoms with Gasteiger partial charge in [-0.05, 0) is 6.42 Å². The van der Waals surface area contributed by atoms with E-state index in [1.165, 1.54) is 12.8 Å². The Morgan fingerprint density at radius 3 is 2.54 bits per heavy atom. The Morgan fingerprint density at radius 1 is 1.31 bits per heavy atom. The largest absolute Gasteiger partial charge is 0.374 e. The molecule has 0 aromatic heterocycles. The first-order chi connectivity index (χ1) is 6.35. The fraction of sp³-hybridized carbons (Fsp3) is 0.778. The van der Waals surface area contributed by atoms with Crippen molar-refractivity contribution in [1.82, 2.24) is 0 Å². The summed E-state index contributed by atoms with van der Waals surface area (Å²) in [4.78, 5) is 0. The summed E-state index contributed by atoms with van der Waals surface area (Å²) in [6.45, 7) is 1.70. The normalized spacial score (nSPS) is 12.6. The lowest BCUT2D eigenvalue weighted by Gasteiger charge is -2.12. The number of allylic oxidation sites excluding steroid dienone is 1. The number of hydrogen-bond acceptors (Lipinski definition) is 3. The molecule has 0 aliphatic heterocycles. The molecular weight excluding hydrogens is 184 g/mol. The maximum absolute atomic E-state index is 5.33. The van der Waals surface area contributed by atoms with Gasteiger partial charge in [0.15, 0.2) is 9.76 Å². The van der Waals surface area contributed by atoms with Crippen LogP contribution in [0.3, 0.4) is 0 Å². The maximum atomic E-state index is 5.33. The lowest BCUT2D eigenvalue weighted by Crippen LogP contribution is -2.18. The summed E-state index contributed by atoms with van der Waals surface area (Å²) >= 11 is 0. The van der Waals surface area contributed by atoms with Gasteiger partial charge in [0, 0.05) is 14.2 Å². The predicted octanol–water partition coefficient (Wildman–Crippen LogP) is 1.37. The molecule has 0 saturated carbocycles. The summed E-state index contributed by atoms with van der Waals surface area (Å²) in [6.07, 6.45) is 5.82. The molecule has 4 heteroatoms. The Labute approximate surface area is 83.0 Å². The van der Waals surface area contributed by atoms with Gasteiger partial charge in [-0.3, -0.25) is 0 Å². The second-order valence-corrected chi connectivity index (χ2v) is 3.85. The van der Waals surface area contributed by atoms with Gasteiger partial charge in [0.05, 0.1) is 0 Å². The molecule has 0 unspecified atom stereocenters. The minimum Gasteiger partial charge on any atom is -0.374 e. The number of methoxy groups -OCH3 is 2. The molecule has 0 spiro atoms. The first-order valence-corrected chi connectivity index (χ1v) is 6.06. The Bertz CT molecular complexity index is 124. The zero-order valence-corrected chi connectivity index (χ0v) is 10.2. The van der Waals surface area contributed by atoms with E-state index in [2.05, 4.69) is 18.7 Å². The fourth-order valence-corrected chi connectivity index (χ4v) is 1.79. The first kappa shape index (κ1) is 12.8. The van der Waals surface area contributed by atoms with Gasteiger partial charge in [-0.25, -0.2) is 0 Å². The molecule has 13 heavy (non-hydrogen) atoms. The van der Waals surface area contributed by atoms with Crippen molar-refractivity contribution in [3.05, 3.63) is 11.8 Å². The molecule has 0 bridgehead atoms. The molecule has 0 radical (unpaired) electrons. The highest BCUT2D eigenvalue weighted by molar-refractivity contribution is 6.34. The van der Waals surface area contributed by atoms with Gasteiger partial charge >= 0.3 is 0 Å². The van der Waals surface area contributed by atoms with E-state index in [1.807, 2.05) is 0 Å². The third kappa shape index (κ3) is 8.17. The molecular formula is C9H20O3Si. The smallest absolute Gasteiger partial charge is 0.261 e. The molecule has 0 rings (SSSR count). The summed E-state index contributed by atoms with van der Waals surface area (Å²) in [5.74, 6) is 0. The number of unbranched alkanes of at least 4 members (excludes halogenated alkanes) is 2. The van der Waals surface area contributed by atoms with E-state index in [1.54, 1.807) is 14.2 Å². The van der Waals surface area contributed by atoms with Crippen LogP contribution < -0.4 is 0 Å². The van der Waals surface area contributed by atoms with Gasteiger partial charge in [0.25, 0.3) is 6.48 Å². The molecule has 0 saturated heterocycles. The van der Waals surface area contributed by atoms with E-state index >= 15 is 0 Å². The standard InChI is InChI=1S/C9H20O3Si/c1-4-5-6-7-8-13-12-9(10-2)11-3/h7-9H,4-6,13H2,1-3H3. The molecule has 0 aromatic carbocycles. The second kappa shape index (κ2) is 9.92. The third-order valence-corrected chi connectivity index (χ3v) is 2.59. The van der Waals surface area contributed by atoms with E-state index in [9.17, 15) is 0 Å². The average Bonchev–Trinajstić information content (AvgIpc) is 2.17. The number of rotatable bonds is 8. The Hall–Kier alpha value is -0.163. The summed E-state index contributed by atoms with van der Waals surface area (Å²) in [6, 6.07) is 0. The van der Waals surface area contributed by atoms with Crippen molar-refractivity contribution in [2.45, 2.75) is 32.7 Å². The van der Waals surface area contributed by atoms with Crippen LogP contribution in [0.1, 0.15) is 26.2 Å². The van der Waals surface area contributed by atoms with Crippen LogP contribution >= 0.6 is 0 Å². The predicted molar refractivity (Wildman–Crippen MR) is 56.1 cm³/mol. The van der Waals surface area contributed by atoms with Gasteiger partial charge < -0.3 is 13.9 Å². The van der Waals surface area contributed by atoms with Crippen molar-refractivity contribution in [3.8, 4) is 0 Å². The lowest BCUT2D eigenvalue weighted by molar-refractivity contribution is -0.219. The maximum Gasteiger partial charge on any atom is 0.261 e. The quantitative estimate of drug-likeness (QED) is 0.339. The number of hydrogen-bond donors (Lipinski definition) is 0. The summed E-state index contributed by atoms with van der Waals surface area (Å²) in [5.41, 5.74) is 2.13. The third-order valence-electron chi connectivity index (χ3n) is 1.60. The minimum atomic E-state index is -0.617. The van der Waals surface area contributed by atoms with Crippen LogP contribution in [-0.2, 0) is 13.9 Å². The molecule has 0 fully saturated rings. The molecule has 0 atom stereocenters. The molecule has 0 heterocycles. The average molecular weight is 204 g/mol. The second-order valence-electron chi connectivity index (χ2n) is 2.71. The Balaban J connectivity index is 3.26. The van der Waals surface area contributed by atoms with Crippen LogP contribution in [0.5, 0.6) is 0 Å². The van der Waals surface area contributed by atoms with Gasteiger partial charge in [-0.1, -0.05) is 31.5 Å². The highest BCUT2D eigenvalue weighted by Crippen LogP contribution is 1.95. The van der Waals surface area contributed by atoms with Crippen molar-refractivity contribution in [3.63, 3.8) is 0 Å². The summed E-state index contributed by atoms with van der Waals surface area (Å²) in [5, 5.41) is 0. The highest BCUT2D eigenvalue weighted by Gasteiger charge is 2.01. The first-order valence-electron chi connectivity index (χ1n) is 4.67. The topological polar surface area (TPSA) is 27.7 Å². The number of ether oxygens (including phenoxy) is 2. The zero-order chi connectivity index (χ0) is 9.94. The Kier molecular flexibility index (Phi) is 9.80. The van der Waals surface area contributed by atoms with Gasteiger partial charge in [0.1, 0.15) is 0 Å². The van der Waals surface area contributed by atoms with Crippen LogP contribution in [0.15, 0.2) is 11.8 Å². The molecule has 3 nitrogen and oxygen atoms in total. The van der Waals surface area contributed by atoms with Crippen LogP contribution in [0.4, 0.5) is 0 Å². The minimum absolute atomic E-state index is 0.484. The molecule has 0 aliphatic carbocycles. The molecule has 0 amide bonds. The molecule has 78 valence electrons. The zero-order valence-electron chi connectivity index (χ0n) is 8.79. The Morgan fingerprint density at radius 2 is 2.00 bits per heavy atom. The van der Waals surface area contributed by atoms with Gasteiger partial charge in [-0.15, -0.1) is 0 Å². The van der Waals surface area contributed by atoms with Gasteiger partial charge in [-0.2, -0.15) is 0 Å². The van der Waals surface area contributed by atoms with Crippen molar-refractivity contribution in [1.29, 1.82) is 0 Å². The van der Waals surface area contributed by atoms with Crippen molar-refractivity contribution < 1.29 is 13.9 Å². The van der Waals surface area contributed by atoms with Crippen LogP contribution in [0, 0.1) is 0 Å². The fourth-order valence-electron chi connectivity index (χ4n) is 0.874. The molecule has 0 aliphatic rings. The van der Waals surface area contributed by atoms with Crippen LogP contribution in [0.25, 0.3) is 0 Å². The van der Waals surface area contributed by atoms with E-state index in [0.717, 1.165) is 6.42 Å². The van der Waals surface area contributed by atoms with Crippen molar-refractivity contribution in [2.75, 3.05) is 14.2 Å².